The van der Waals surface area contributed by atoms with E-state index < -0.39 is 0 Å². The van der Waals surface area contributed by atoms with Crippen molar-refractivity contribution < 1.29 is 4.79 Å². The van der Waals surface area contributed by atoms with Gasteiger partial charge >= 0.3 is 0 Å². The van der Waals surface area contributed by atoms with Crippen molar-refractivity contribution in [3.05, 3.63) is 91.9 Å². The number of hydrogen-bond acceptors (Lipinski definition) is 3. The first-order chi connectivity index (χ1) is 15.4. The lowest BCUT2D eigenvalue weighted by Crippen LogP contribution is -2.46. The zero-order valence-electron chi connectivity index (χ0n) is 17.1. The Morgan fingerprint density at radius 2 is 1.56 bits per heavy atom. The summed E-state index contributed by atoms with van der Waals surface area (Å²) in [5, 5.41) is 5.00. The van der Waals surface area contributed by atoms with Crippen LogP contribution in [0.3, 0.4) is 0 Å². The molecule has 1 aliphatic heterocycles. The molecule has 0 aliphatic carbocycles. The Hall–Kier alpha value is -1.95. The van der Waals surface area contributed by atoms with Crippen LogP contribution in [0.2, 0.25) is 20.1 Å². The molecule has 0 unspecified atom stereocenters. The third-order valence-electron chi connectivity index (χ3n) is 5.45. The maximum Gasteiger partial charge on any atom is 0.257 e. The Kier molecular flexibility index (Phi) is 7.49. The average Bonchev–Trinajstić information content (AvgIpc) is 2.76. The molecule has 8 heteroatoms. The lowest BCUT2D eigenvalue weighted by Gasteiger charge is -2.36. The van der Waals surface area contributed by atoms with Gasteiger partial charge in [-0.25, -0.2) is 0 Å². The molecular weight excluding hydrogens is 488 g/mol. The van der Waals surface area contributed by atoms with E-state index in [-0.39, 0.29) is 5.91 Å². The van der Waals surface area contributed by atoms with E-state index >= 15 is 0 Å². The van der Waals surface area contributed by atoms with Crippen molar-refractivity contribution in [2.75, 3.05) is 36.4 Å². The summed E-state index contributed by atoms with van der Waals surface area (Å²) in [4.78, 5) is 17.2. The van der Waals surface area contributed by atoms with E-state index in [2.05, 4.69) is 21.2 Å². The van der Waals surface area contributed by atoms with Gasteiger partial charge in [-0.1, -0.05) is 64.6 Å². The number of nitrogens with zero attached hydrogens (tertiary/aromatic N) is 2. The van der Waals surface area contributed by atoms with Gasteiger partial charge in [-0.05, 0) is 48.0 Å². The van der Waals surface area contributed by atoms with E-state index in [9.17, 15) is 4.79 Å². The number of nitrogens with one attached hydrogen (secondary N) is 1. The molecule has 32 heavy (non-hydrogen) atoms. The van der Waals surface area contributed by atoms with Crippen molar-refractivity contribution in [2.45, 2.75) is 6.54 Å². The standard InChI is InChI=1S/C24H21Cl4N3O/c25-17-5-7-19(21(27)13-17)24(32)29-18-6-8-23(22(28)14-18)31-11-9-30(10-12-31)15-16-3-1-2-4-20(16)26/h1-8,13-14H,9-12,15H2,(H,29,32). The molecule has 4 nitrogen and oxygen atoms in total. The summed E-state index contributed by atoms with van der Waals surface area (Å²) in [5.74, 6) is -0.316. The molecule has 1 fully saturated rings. The molecule has 0 saturated carbocycles. The summed E-state index contributed by atoms with van der Waals surface area (Å²) in [6, 6.07) is 18.3. The zero-order valence-corrected chi connectivity index (χ0v) is 20.1. The van der Waals surface area contributed by atoms with E-state index in [1.165, 1.54) is 0 Å². The van der Waals surface area contributed by atoms with Crippen LogP contribution in [-0.4, -0.2) is 37.0 Å². The molecule has 0 radical (unpaired) electrons. The third kappa shape index (κ3) is 5.51. The summed E-state index contributed by atoms with van der Waals surface area (Å²) in [6.45, 7) is 4.37. The Morgan fingerprint density at radius 1 is 0.812 bits per heavy atom. The van der Waals surface area contributed by atoms with Crippen molar-refractivity contribution >= 4 is 63.7 Å². The summed E-state index contributed by atoms with van der Waals surface area (Å²) >= 11 is 24.9. The summed E-state index contributed by atoms with van der Waals surface area (Å²) < 4.78 is 0. The summed E-state index contributed by atoms with van der Waals surface area (Å²) in [6.07, 6.45) is 0. The molecule has 4 rings (SSSR count). The Morgan fingerprint density at radius 3 is 2.25 bits per heavy atom. The topological polar surface area (TPSA) is 35.6 Å². The van der Waals surface area contributed by atoms with Crippen molar-refractivity contribution in [2.24, 2.45) is 0 Å². The van der Waals surface area contributed by atoms with E-state index in [4.69, 9.17) is 46.4 Å². The van der Waals surface area contributed by atoms with E-state index in [0.717, 1.165) is 49.0 Å². The van der Waals surface area contributed by atoms with E-state index in [1.54, 1.807) is 24.3 Å². The number of hydrogen-bond donors (Lipinski definition) is 1. The molecule has 1 aliphatic rings. The number of rotatable bonds is 5. The van der Waals surface area contributed by atoms with Gasteiger partial charge in [0.05, 0.1) is 21.3 Å². The molecule has 0 spiro atoms. The van der Waals surface area contributed by atoms with Crippen LogP contribution in [0.25, 0.3) is 0 Å². The second-order valence-corrected chi connectivity index (χ2v) is 9.26. The summed E-state index contributed by atoms with van der Waals surface area (Å²) in [7, 11) is 0. The molecule has 1 amide bonds. The van der Waals surface area contributed by atoms with Crippen LogP contribution in [0.15, 0.2) is 60.7 Å². The third-order valence-corrected chi connectivity index (χ3v) is 6.67. The smallest absolute Gasteiger partial charge is 0.257 e. The average molecular weight is 509 g/mol. The first-order valence-electron chi connectivity index (χ1n) is 10.2. The molecule has 1 N–H and O–H groups in total. The zero-order chi connectivity index (χ0) is 22.7. The fraction of sp³-hybridized carbons (Fsp3) is 0.208. The minimum atomic E-state index is -0.316. The Bertz CT molecular complexity index is 1130. The first-order valence-corrected chi connectivity index (χ1v) is 11.7. The highest BCUT2D eigenvalue weighted by Crippen LogP contribution is 2.31. The van der Waals surface area contributed by atoms with Gasteiger partial charge in [0.15, 0.2) is 0 Å². The highest BCUT2D eigenvalue weighted by molar-refractivity contribution is 6.37. The second kappa shape index (κ2) is 10.3. The summed E-state index contributed by atoms with van der Waals surface area (Å²) in [5.41, 5.74) is 3.05. The first kappa shape index (κ1) is 23.2. The molecule has 1 saturated heterocycles. The molecule has 0 bridgehead atoms. The molecule has 0 aromatic heterocycles. The number of carbonyl (C=O) groups excluding carboxylic acids is 1. The van der Waals surface area contributed by atoms with Gasteiger partial charge in [0.25, 0.3) is 5.91 Å². The van der Waals surface area contributed by atoms with Crippen LogP contribution in [0.5, 0.6) is 0 Å². The van der Waals surface area contributed by atoms with Crippen molar-refractivity contribution in [1.29, 1.82) is 0 Å². The fourth-order valence-corrected chi connectivity index (χ4v) is 4.72. The Labute approximate surface area is 207 Å². The monoisotopic (exact) mass is 507 g/mol. The van der Waals surface area contributed by atoms with Crippen LogP contribution in [-0.2, 0) is 6.54 Å². The molecule has 3 aromatic carbocycles. The number of amides is 1. The van der Waals surface area contributed by atoms with Gasteiger partial charge < -0.3 is 10.2 Å². The number of benzene rings is 3. The lowest BCUT2D eigenvalue weighted by atomic mass is 10.1. The molecule has 0 atom stereocenters. The normalized spacial score (nSPS) is 14.4. The second-order valence-electron chi connectivity index (χ2n) is 7.60. The van der Waals surface area contributed by atoms with Gasteiger partial charge in [0.2, 0.25) is 0 Å². The van der Waals surface area contributed by atoms with Crippen LogP contribution in [0.4, 0.5) is 11.4 Å². The van der Waals surface area contributed by atoms with Gasteiger partial charge in [-0.15, -0.1) is 0 Å². The van der Waals surface area contributed by atoms with Crippen LogP contribution in [0.1, 0.15) is 15.9 Å². The highest BCUT2D eigenvalue weighted by Gasteiger charge is 2.20. The Balaban J connectivity index is 1.37. The van der Waals surface area contributed by atoms with Crippen LogP contribution >= 0.6 is 46.4 Å². The van der Waals surface area contributed by atoms with Gasteiger partial charge in [-0.2, -0.15) is 0 Å². The fourth-order valence-electron chi connectivity index (χ4n) is 3.73. The van der Waals surface area contributed by atoms with Crippen molar-refractivity contribution in [3.8, 4) is 0 Å². The maximum atomic E-state index is 12.5. The van der Waals surface area contributed by atoms with E-state index in [0.29, 0.717) is 26.3 Å². The minimum Gasteiger partial charge on any atom is -0.368 e. The SMILES string of the molecule is O=C(Nc1ccc(N2CCN(Cc3ccccc3Cl)CC2)c(Cl)c1)c1ccc(Cl)cc1Cl. The lowest BCUT2D eigenvalue weighted by molar-refractivity contribution is 0.102. The van der Waals surface area contributed by atoms with Crippen LogP contribution < -0.4 is 10.2 Å². The number of piperazine rings is 1. The van der Waals surface area contributed by atoms with Crippen molar-refractivity contribution in [1.82, 2.24) is 4.90 Å². The quantitative estimate of drug-likeness (QED) is 0.408. The van der Waals surface area contributed by atoms with Crippen LogP contribution in [0, 0.1) is 0 Å². The van der Waals surface area contributed by atoms with E-state index in [1.807, 2.05) is 30.3 Å². The highest BCUT2D eigenvalue weighted by atomic mass is 35.5. The predicted octanol–water partition coefficient (Wildman–Crippen LogP) is 6.87. The molecule has 1 heterocycles. The van der Waals surface area contributed by atoms with Crippen molar-refractivity contribution in [3.63, 3.8) is 0 Å². The van der Waals surface area contributed by atoms with Gasteiger partial charge in [0, 0.05) is 48.5 Å². The maximum absolute atomic E-state index is 12.5. The number of halogens is 4. The van der Waals surface area contributed by atoms with Gasteiger partial charge in [0.1, 0.15) is 0 Å². The minimum absolute atomic E-state index is 0.298. The van der Waals surface area contributed by atoms with Gasteiger partial charge in [-0.3, -0.25) is 9.69 Å². The molecule has 166 valence electrons. The number of carbonyl (C=O) groups is 1. The molecule has 3 aromatic rings. The predicted molar refractivity (Wildman–Crippen MR) is 135 cm³/mol. The number of anilines is 2. The largest absolute Gasteiger partial charge is 0.368 e. The molecular formula is C24H21Cl4N3O.